The van der Waals surface area contributed by atoms with Crippen LogP contribution in [0.15, 0.2) is 30.5 Å². The van der Waals surface area contributed by atoms with E-state index in [1.54, 1.807) is 6.20 Å². The molecule has 0 spiro atoms. The molecule has 0 aliphatic carbocycles. The van der Waals surface area contributed by atoms with Crippen LogP contribution >= 0.6 is 0 Å². The molecule has 0 aliphatic heterocycles. The first kappa shape index (κ1) is 14.5. The van der Waals surface area contributed by atoms with Crippen molar-refractivity contribution in [1.29, 1.82) is 0 Å². The molecule has 0 radical (unpaired) electrons. The van der Waals surface area contributed by atoms with Crippen molar-refractivity contribution in [3.8, 4) is 0 Å². The summed E-state index contributed by atoms with van der Waals surface area (Å²) in [5, 5.41) is 3.44. The van der Waals surface area contributed by atoms with E-state index in [2.05, 4.69) is 10.3 Å². The highest BCUT2D eigenvalue weighted by Crippen LogP contribution is 2.17. The average Bonchev–Trinajstić information content (AvgIpc) is 2.82. The number of hydrogen-bond acceptors (Lipinski definition) is 3. The van der Waals surface area contributed by atoms with Gasteiger partial charge in [0.05, 0.1) is 11.3 Å². The zero-order valence-electron chi connectivity index (χ0n) is 11.4. The average molecular weight is 295 g/mol. The number of carbonyl (C=O) groups excluding carboxylic acids is 1. The van der Waals surface area contributed by atoms with Gasteiger partial charge in [0.1, 0.15) is 0 Å². The van der Waals surface area contributed by atoms with Gasteiger partial charge in [0.25, 0.3) is 5.91 Å². The Balaban J connectivity index is 2.03. The topological polar surface area (TPSA) is 82.3 Å². The normalized spacial score (nSPS) is 11.9. The Morgan fingerprint density at radius 3 is 2.70 bits per heavy atom. The highest BCUT2D eigenvalue weighted by Gasteiger charge is 2.15. The Morgan fingerprint density at radius 2 is 2.00 bits per heavy atom. The predicted molar refractivity (Wildman–Crippen MR) is 78.1 cm³/mol. The third kappa shape index (κ3) is 3.00. The summed E-state index contributed by atoms with van der Waals surface area (Å²) in [6.07, 6.45) is 1.63. The van der Waals surface area contributed by atoms with Gasteiger partial charge in [-0.2, -0.15) is 0 Å². The van der Waals surface area contributed by atoms with Gasteiger partial charge >= 0.3 is 0 Å². The Labute approximate surface area is 117 Å². The maximum atomic E-state index is 12.0. The summed E-state index contributed by atoms with van der Waals surface area (Å²) in [6.45, 7) is 0.0822. The number of hydrogen-bond donors (Lipinski definition) is 2. The first-order chi connectivity index (χ1) is 9.42. The molecule has 0 saturated carbocycles. The third-order valence-electron chi connectivity index (χ3n) is 3.04. The Kier molecular flexibility index (Phi) is 4.10. The van der Waals surface area contributed by atoms with Crippen molar-refractivity contribution in [2.45, 2.75) is 0 Å². The Morgan fingerprint density at radius 1 is 1.30 bits per heavy atom. The Bertz CT molecular complexity index is 719. The van der Waals surface area contributed by atoms with Gasteiger partial charge in [-0.05, 0) is 6.07 Å². The summed E-state index contributed by atoms with van der Waals surface area (Å²) in [7, 11) is -0.356. The van der Waals surface area contributed by atoms with E-state index in [0.717, 1.165) is 15.2 Å². The lowest BCUT2D eigenvalue weighted by molar-refractivity contribution is 0.0957. The maximum Gasteiger partial charge on any atom is 0.253 e. The summed E-state index contributed by atoms with van der Waals surface area (Å²) in [5.41, 5.74) is 1.39. The number of nitrogens with zero attached hydrogens (tertiary/aromatic N) is 1. The second-order valence-corrected chi connectivity index (χ2v) is 6.90. The van der Waals surface area contributed by atoms with Gasteiger partial charge < -0.3 is 10.3 Å². The molecule has 0 saturated heterocycles. The summed E-state index contributed by atoms with van der Waals surface area (Å²) in [6, 6.07) is 7.45. The molecule has 20 heavy (non-hydrogen) atoms. The van der Waals surface area contributed by atoms with Crippen molar-refractivity contribution in [2.75, 3.05) is 26.4 Å². The number of aromatic amines is 1. The summed E-state index contributed by atoms with van der Waals surface area (Å²) in [4.78, 5) is 15.0. The summed E-state index contributed by atoms with van der Waals surface area (Å²) < 4.78 is 24.3. The van der Waals surface area contributed by atoms with E-state index >= 15 is 0 Å². The van der Waals surface area contributed by atoms with E-state index in [9.17, 15) is 13.2 Å². The number of carbonyl (C=O) groups is 1. The van der Waals surface area contributed by atoms with E-state index < -0.39 is 10.0 Å². The van der Waals surface area contributed by atoms with Crippen LogP contribution in [-0.2, 0) is 10.0 Å². The zero-order chi connectivity index (χ0) is 14.8. The molecule has 0 atom stereocenters. The van der Waals surface area contributed by atoms with Crippen LogP contribution in [0.1, 0.15) is 10.4 Å². The van der Waals surface area contributed by atoms with E-state index in [1.165, 1.54) is 14.1 Å². The minimum atomic E-state index is -3.29. The van der Waals surface area contributed by atoms with Gasteiger partial charge in [-0.15, -0.1) is 0 Å². The smallest absolute Gasteiger partial charge is 0.253 e. The molecule has 6 nitrogen and oxygen atoms in total. The number of rotatable bonds is 5. The van der Waals surface area contributed by atoms with E-state index in [0.29, 0.717) is 5.56 Å². The van der Waals surface area contributed by atoms with Crippen LogP contribution in [0.5, 0.6) is 0 Å². The van der Waals surface area contributed by atoms with Gasteiger partial charge in [0.2, 0.25) is 10.0 Å². The Hall–Kier alpha value is -1.86. The number of sulfonamides is 1. The molecule has 7 heteroatoms. The van der Waals surface area contributed by atoms with Crippen molar-refractivity contribution < 1.29 is 13.2 Å². The molecule has 108 valence electrons. The van der Waals surface area contributed by atoms with Gasteiger partial charge in [-0.1, -0.05) is 18.2 Å². The highest BCUT2D eigenvalue weighted by molar-refractivity contribution is 7.89. The lowest BCUT2D eigenvalue weighted by atomic mass is 10.1. The molecule has 2 N–H and O–H groups in total. The number of fused-ring (bicyclic) bond motifs is 1. The van der Waals surface area contributed by atoms with Gasteiger partial charge in [0, 0.05) is 37.7 Å². The van der Waals surface area contributed by atoms with Gasteiger partial charge in [-0.3, -0.25) is 4.79 Å². The molecule has 1 aromatic carbocycles. The number of aromatic nitrogens is 1. The van der Waals surface area contributed by atoms with Crippen LogP contribution in [0.25, 0.3) is 10.9 Å². The van der Waals surface area contributed by atoms with Crippen LogP contribution < -0.4 is 5.32 Å². The van der Waals surface area contributed by atoms with E-state index in [1.807, 2.05) is 24.3 Å². The fraction of sp³-hybridized carbons (Fsp3) is 0.308. The largest absolute Gasteiger partial charge is 0.360 e. The molecule has 2 rings (SSSR count). The van der Waals surface area contributed by atoms with E-state index in [-0.39, 0.29) is 18.2 Å². The molecule has 2 aromatic rings. The van der Waals surface area contributed by atoms with Crippen LogP contribution in [0.2, 0.25) is 0 Å². The fourth-order valence-corrected chi connectivity index (χ4v) is 2.56. The second-order valence-electron chi connectivity index (χ2n) is 4.60. The van der Waals surface area contributed by atoms with Crippen LogP contribution in [0.4, 0.5) is 0 Å². The van der Waals surface area contributed by atoms with Gasteiger partial charge in [0.15, 0.2) is 0 Å². The van der Waals surface area contributed by atoms with Crippen LogP contribution in [0.3, 0.4) is 0 Å². The molecule has 0 bridgehead atoms. The number of amides is 1. The molecule has 1 aromatic heterocycles. The monoisotopic (exact) mass is 295 g/mol. The molecular formula is C13H17N3O3S. The third-order valence-corrected chi connectivity index (χ3v) is 4.87. The molecule has 0 fully saturated rings. The SMILES string of the molecule is CN(C)S(=O)(=O)CCNC(=O)c1c[nH]c2ccccc12. The van der Waals surface area contributed by atoms with Crippen molar-refractivity contribution in [3.63, 3.8) is 0 Å². The molecule has 0 unspecified atom stereocenters. The highest BCUT2D eigenvalue weighted by atomic mass is 32.2. The van der Waals surface area contributed by atoms with Crippen LogP contribution in [0, 0.1) is 0 Å². The quantitative estimate of drug-likeness (QED) is 0.855. The second kappa shape index (κ2) is 5.64. The van der Waals surface area contributed by atoms with Crippen molar-refractivity contribution >= 4 is 26.8 Å². The molecule has 1 heterocycles. The minimum Gasteiger partial charge on any atom is -0.360 e. The van der Waals surface area contributed by atoms with Gasteiger partial charge in [-0.25, -0.2) is 12.7 Å². The number of nitrogens with one attached hydrogen (secondary N) is 2. The number of para-hydroxylation sites is 1. The lowest BCUT2D eigenvalue weighted by Crippen LogP contribution is -2.33. The summed E-state index contributed by atoms with van der Waals surface area (Å²) >= 11 is 0. The zero-order valence-corrected chi connectivity index (χ0v) is 12.2. The number of benzene rings is 1. The fourth-order valence-electron chi connectivity index (χ4n) is 1.83. The maximum absolute atomic E-state index is 12.0. The first-order valence-electron chi connectivity index (χ1n) is 6.16. The molecular weight excluding hydrogens is 278 g/mol. The lowest BCUT2D eigenvalue weighted by Gasteiger charge is -2.11. The van der Waals surface area contributed by atoms with Crippen molar-refractivity contribution in [2.24, 2.45) is 0 Å². The van der Waals surface area contributed by atoms with E-state index in [4.69, 9.17) is 0 Å². The standard InChI is InChI=1S/C13H17N3O3S/c1-16(2)20(18,19)8-7-14-13(17)11-9-15-12-6-4-3-5-10(11)12/h3-6,9,15H,7-8H2,1-2H3,(H,14,17). The van der Waals surface area contributed by atoms with Crippen LogP contribution in [-0.4, -0.2) is 50.0 Å². The van der Waals surface area contributed by atoms with Crippen molar-refractivity contribution in [1.82, 2.24) is 14.6 Å². The van der Waals surface area contributed by atoms with Crippen molar-refractivity contribution in [3.05, 3.63) is 36.0 Å². The summed E-state index contributed by atoms with van der Waals surface area (Å²) in [5.74, 6) is -0.398. The molecule has 1 amide bonds. The predicted octanol–water partition coefficient (Wildman–Crippen LogP) is 0.789. The first-order valence-corrected chi connectivity index (χ1v) is 7.77. The number of H-pyrrole nitrogens is 1. The molecule has 0 aliphatic rings. The minimum absolute atomic E-state index is 0.0822.